The van der Waals surface area contributed by atoms with Gasteiger partial charge in [-0.05, 0) is 73.1 Å². The molecule has 2 aliphatic heterocycles. The molecule has 4 aliphatic rings. The van der Waals surface area contributed by atoms with Crippen LogP contribution in [0.15, 0.2) is 52.3 Å². The number of methoxy groups -OCH3 is 2. The molecule has 3 heterocycles. The van der Waals surface area contributed by atoms with Crippen LogP contribution >= 0.6 is 23.1 Å². The summed E-state index contributed by atoms with van der Waals surface area (Å²) in [7, 11) is 3.13. The SMILES string of the molecule is CCOC(=O)Cn1c2c(sc1=O)C(c1ccc(OC)c(OC)c1)C1C3CC(C1S2)C1C(=O)N(c2ccc(F)cc2)C(=O)C31. The first-order valence-corrected chi connectivity index (χ1v) is 15.9. The number of carbonyl (C=O) groups excluding carboxylic acids is 3. The largest absolute Gasteiger partial charge is 0.493 e. The molecule has 7 atom stereocenters. The van der Waals surface area contributed by atoms with Gasteiger partial charge in [0.15, 0.2) is 11.5 Å². The van der Waals surface area contributed by atoms with Gasteiger partial charge in [-0.2, -0.15) is 0 Å². The molecule has 3 fully saturated rings. The zero-order valence-corrected chi connectivity index (χ0v) is 25.3. The molecule has 7 unspecified atom stereocenters. The van der Waals surface area contributed by atoms with Crippen molar-refractivity contribution >= 4 is 46.6 Å². The Bertz CT molecular complexity index is 1700. The van der Waals surface area contributed by atoms with E-state index in [1.807, 2.05) is 18.2 Å². The number of fused-ring (bicyclic) bond motifs is 9. The Kier molecular flexibility index (Phi) is 6.88. The van der Waals surface area contributed by atoms with Crippen molar-refractivity contribution in [2.45, 2.75) is 36.1 Å². The molecule has 0 radical (unpaired) electrons. The standard InChI is InChI=1S/C31H29FN2O7S2/c1-4-41-21(35)13-33-30-27(43-31(33)38)22(14-5-10-19(39-2)20(11-14)40-3)23-17-12-18(26(23)42-30)25-24(17)28(36)34(29(25)37)16-8-6-15(32)7-9-16/h5-11,17-18,22-26H,4,12-13H2,1-3H3. The summed E-state index contributed by atoms with van der Waals surface area (Å²) in [5, 5.41) is 0.643. The average molecular weight is 625 g/mol. The molecule has 1 aromatic heterocycles. The molecule has 2 amide bonds. The Labute approximate surface area is 254 Å². The van der Waals surface area contributed by atoms with Crippen molar-refractivity contribution in [1.29, 1.82) is 0 Å². The lowest BCUT2D eigenvalue weighted by atomic mass is 9.68. The number of rotatable bonds is 7. The van der Waals surface area contributed by atoms with Gasteiger partial charge < -0.3 is 14.2 Å². The van der Waals surface area contributed by atoms with E-state index in [2.05, 4.69) is 0 Å². The van der Waals surface area contributed by atoms with Crippen LogP contribution in [-0.4, -0.2) is 48.4 Å². The maximum absolute atomic E-state index is 13.9. The number of imide groups is 1. The van der Waals surface area contributed by atoms with Crippen molar-refractivity contribution in [3.63, 3.8) is 0 Å². The number of thiazole rings is 1. The van der Waals surface area contributed by atoms with Crippen molar-refractivity contribution in [1.82, 2.24) is 4.57 Å². The molecule has 9 nitrogen and oxygen atoms in total. The molecule has 0 N–H and O–H groups in total. The van der Waals surface area contributed by atoms with Crippen LogP contribution in [-0.2, 0) is 25.7 Å². The molecule has 2 aliphatic carbocycles. The van der Waals surface area contributed by atoms with Gasteiger partial charge in [-0.15, -0.1) is 11.8 Å². The fraction of sp³-hybridized carbons (Fsp3) is 0.419. The summed E-state index contributed by atoms with van der Waals surface area (Å²) in [5.74, 6) is -1.81. The monoisotopic (exact) mass is 624 g/mol. The number of ether oxygens (including phenoxy) is 3. The molecule has 12 heteroatoms. The molecule has 7 rings (SSSR count). The van der Waals surface area contributed by atoms with Crippen LogP contribution < -0.4 is 19.2 Å². The van der Waals surface area contributed by atoms with Crippen molar-refractivity contribution in [3.8, 4) is 11.5 Å². The van der Waals surface area contributed by atoms with Crippen LogP contribution in [0.4, 0.5) is 10.1 Å². The van der Waals surface area contributed by atoms with Gasteiger partial charge in [0.2, 0.25) is 11.8 Å². The molecular weight excluding hydrogens is 595 g/mol. The first-order valence-electron chi connectivity index (χ1n) is 14.2. The smallest absolute Gasteiger partial charge is 0.326 e. The van der Waals surface area contributed by atoms with Crippen molar-refractivity contribution < 1.29 is 33.0 Å². The third-order valence-corrected chi connectivity index (χ3v) is 12.2. The van der Waals surface area contributed by atoms with Gasteiger partial charge in [0.05, 0.1) is 43.4 Å². The van der Waals surface area contributed by atoms with Gasteiger partial charge in [-0.1, -0.05) is 17.4 Å². The molecule has 2 saturated carbocycles. The number of thioether (sulfide) groups is 1. The summed E-state index contributed by atoms with van der Waals surface area (Å²) >= 11 is 2.66. The van der Waals surface area contributed by atoms with Crippen LogP contribution in [0.5, 0.6) is 11.5 Å². The Hall–Kier alpha value is -3.64. The summed E-state index contributed by atoms with van der Waals surface area (Å²) in [5.41, 5.74) is 1.29. The molecule has 1 saturated heterocycles. The number of halogens is 1. The second kappa shape index (κ2) is 10.5. The van der Waals surface area contributed by atoms with E-state index < -0.39 is 23.6 Å². The topological polar surface area (TPSA) is 104 Å². The Morgan fingerprint density at radius 2 is 1.67 bits per heavy atom. The van der Waals surface area contributed by atoms with E-state index in [0.29, 0.717) is 28.6 Å². The summed E-state index contributed by atoms with van der Waals surface area (Å²) in [6.45, 7) is 1.73. The van der Waals surface area contributed by atoms with Crippen LogP contribution in [0.25, 0.3) is 0 Å². The Morgan fingerprint density at radius 3 is 2.35 bits per heavy atom. The fourth-order valence-corrected chi connectivity index (χ4v) is 11.0. The minimum atomic E-state index is -0.494. The average Bonchev–Trinajstić information content (AvgIpc) is 3.72. The van der Waals surface area contributed by atoms with Crippen LogP contribution in [0.2, 0.25) is 0 Å². The number of benzene rings is 2. The van der Waals surface area contributed by atoms with E-state index in [0.717, 1.165) is 21.8 Å². The Balaban J connectivity index is 1.34. The first-order chi connectivity index (χ1) is 20.8. The number of hydrogen-bond acceptors (Lipinski definition) is 9. The lowest BCUT2D eigenvalue weighted by Crippen LogP contribution is -2.43. The van der Waals surface area contributed by atoms with Gasteiger partial charge in [0.25, 0.3) is 0 Å². The highest BCUT2D eigenvalue weighted by Crippen LogP contribution is 2.69. The van der Waals surface area contributed by atoms with Crippen molar-refractivity contribution in [2.24, 2.45) is 29.6 Å². The molecule has 43 heavy (non-hydrogen) atoms. The number of carbonyl (C=O) groups is 3. The predicted molar refractivity (Wildman–Crippen MR) is 157 cm³/mol. The number of hydrogen-bond donors (Lipinski definition) is 0. The van der Waals surface area contributed by atoms with Gasteiger partial charge in [-0.25, -0.2) is 4.39 Å². The van der Waals surface area contributed by atoms with Gasteiger partial charge in [-0.3, -0.25) is 28.6 Å². The maximum atomic E-state index is 13.9. The summed E-state index contributed by atoms with van der Waals surface area (Å²) in [6, 6.07) is 11.1. The van der Waals surface area contributed by atoms with Crippen LogP contribution in [0.3, 0.4) is 0 Å². The zero-order valence-electron chi connectivity index (χ0n) is 23.7. The minimum absolute atomic E-state index is 0.0409. The highest BCUT2D eigenvalue weighted by Gasteiger charge is 2.69. The van der Waals surface area contributed by atoms with Crippen LogP contribution in [0.1, 0.15) is 29.7 Å². The van der Waals surface area contributed by atoms with E-state index >= 15 is 0 Å². The predicted octanol–water partition coefficient (Wildman–Crippen LogP) is 4.31. The molecule has 2 bridgehead atoms. The summed E-state index contributed by atoms with van der Waals surface area (Å²) in [6.07, 6.45) is 0.716. The molecule has 224 valence electrons. The maximum Gasteiger partial charge on any atom is 0.326 e. The number of nitrogens with zero attached hydrogens (tertiary/aromatic N) is 2. The first kappa shape index (κ1) is 28.1. The van der Waals surface area contributed by atoms with E-state index in [1.165, 1.54) is 33.7 Å². The summed E-state index contributed by atoms with van der Waals surface area (Å²) in [4.78, 5) is 55.4. The van der Waals surface area contributed by atoms with Crippen molar-refractivity contribution in [2.75, 3.05) is 25.7 Å². The molecule has 0 spiro atoms. The lowest BCUT2D eigenvalue weighted by molar-refractivity contribution is -0.144. The van der Waals surface area contributed by atoms with Crippen LogP contribution in [0, 0.1) is 35.4 Å². The number of anilines is 1. The minimum Gasteiger partial charge on any atom is -0.493 e. The van der Waals surface area contributed by atoms with E-state index in [1.54, 1.807) is 32.9 Å². The number of aromatic nitrogens is 1. The highest BCUT2D eigenvalue weighted by molar-refractivity contribution is 8.00. The van der Waals surface area contributed by atoms with E-state index in [9.17, 15) is 23.6 Å². The third-order valence-electron chi connectivity index (χ3n) is 9.39. The fourth-order valence-electron chi connectivity index (χ4n) is 7.85. The second-order valence-electron chi connectivity index (χ2n) is 11.3. The Morgan fingerprint density at radius 1 is 0.977 bits per heavy atom. The lowest BCUT2D eigenvalue weighted by Gasteiger charge is -2.43. The van der Waals surface area contributed by atoms with Gasteiger partial charge in [0, 0.05) is 16.0 Å². The van der Waals surface area contributed by atoms with Crippen molar-refractivity contribution in [3.05, 3.63) is 68.4 Å². The van der Waals surface area contributed by atoms with E-state index in [-0.39, 0.29) is 58.8 Å². The molecule has 3 aromatic rings. The molecular formula is C31H29FN2O7S2. The third kappa shape index (κ3) is 4.16. The highest BCUT2D eigenvalue weighted by atomic mass is 32.2. The zero-order chi connectivity index (χ0) is 30.2. The van der Waals surface area contributed by atoms with Gasteiger partial charge >= 0.3 is 10.8 Å². The number of esters is 1. The van der Waals surface area contributed by atoms with E-state index in [4.69, 9.17) is 14.2 Å². The molecule has 2 aromatic carbocycles. The number of amides is 2. The van der Waals surface area contributed by atoms with Gasteiger partial charge in [0.1, 0.15) is 12.4 Å². The quantitative estimate of drug-likeness (QED) is 0.283. The normalized spacial score (nSPS) is 28.5. The summed E-state index contributed by atoms with van der Waals surface area (Å²) < 4.78 is 31.4. The second-order valence-corrected chi connectivity index (χ2v) is 13.4.